The molecule has 1 saturated heterocycles. The van der Waals surface area contributed by atoms with E-state index in [1.165, 1.54) is 0 Å². The van der Waals surface area contributed by atoms with Gasteiger partial charge in [0.05, 0.1) is 18.4 Å². The van der Waals surface area contributed by atoms with Crippen LogP contribution in [0, 0.1) is 18.3 Å². The number of carbonyl (C=O) groups excluding carboxylic acids is 1. The van der Waals surface area contributed by atoms with Gasteiger partial charge in [-0.15, -0.1) is 0 Å². The lowest BCUT2D eigenvalue weighted by Crippen LogP contribution is -2.43. The molecule has 37 heavy (non-hydrogen) atoms. The van der Waals surface area contributed by atoms with Crippen LogP contribution in [-0.4, -0.2) is 49.3 Å². The van der Waals surface area contributed by atoms with Crippen molar-refractivity contribution in [3.05, 3.63) is 58.8 Å². The average molecular weight is 502 g/mol. The Morgan fingerprint density at radius 3 is 2.57 bits per heavy atom. The molecule has 1 amide bonds. The van der Waals surface area contributed by atoms with Gasteiger partial charge in [-0.3, -0.25) is 4.79 Å². The Labute approximate surface area is 218 Å². The molecule has 194 valence electrons. The molecule has 4 rings (SSSR count). The number of nitrogens with zero attached hydrogens (tertiary/aromatic N) is 3. The van der Waals surface area contributed by atoms with Crippen LogP contribution in [0.4, 0.5) is 11.4 Å². The molecular weight excluding hydrogens is 466 g/mol. The summed E-state index contributed by atoms with van der Waals surface area (Å²) in [6.07, 6.45) is 1.84. The minimum absolute atomic E-state index is 0.141. The molecule has 0 spiro atoms. The van der Waals surface area contributed by atoms with E-state index in [0.717, 1.165) is 48.3 Å². The van der Waals surface area contributed by atoms with Crippen molar-refractivity contribution >= 4 is 17.3 Å². The van der Waals surface area contributed by atoms with E-state index in [-0.39, 0.29) is 23.1 Å². The molecule has 8 heteroatoms. The van der Waals surface area contributed by atoms with Crippen LogP contribution in [0.25, 0.3) is 11.3 Å². The molecule has 0 atom stereocenters. The number of rotatable bonds is 6. The lowest BCUT2D eigenvalue weighted by Gasteiger charge is -2.29. The van der Waals surface area contributed by atoms with Gasteiger partial charge in [0.25, 0.3) is 5.91 Å². The van der Waals surface area contributed by atoms with Gasteiger partial charge < -0.3 is 24.8 Å². The molecule has 0 saturated carbocycles. The zero-order valence-corrected chi connectivity index (χ0v) is 22.4. The Morgan fingerprint density at radius 1 is 1.19 bits per heavy atom. The molecule has 1 aliphatic rings. The Balaban J connectivity index is 1.59. The number of hydrogen-bond donors (Lipinski definition) is 2. The lowest BCUT2D eigenvalue weighted by atomic mass is 9.85. The van der Waals surface area contributed by atoms with Gasteiger partial charge in [-0.05, 0) is 80.7 Å². The molecule has 3 aromatic rings. The summed E-state index contributed by atoms with van der Waals surface area (Å²) in [6, 6.07) is 13.9. The summed E-state index contributed by atoms with van der Waals surface area (Å²) in [4.78, 5) is 15.0. The van der Waals surface area contributed by atoms with Crippen molar-refractivity contribution in [2.24, 2.45) is 0 Å². The number of aromatic nitrogens is 1. The quantitative estimate of drug-likeness (QED) is 0.466. The van der Waals surface area contributed by atoms with Crippen LogP contribution in [0.5, 0.6) is 5.75 Å². The minimum Gasteiger partial charge on any atom is -0.493 e. The van der Waals surface area contributed by atoms with Crippen LogP contribution >= 0.6 is 0 Å². The Morgan fingerprint density at radius 2 is 1.92 bits per heavy atom. The maximum Gasteiger partial charge on any atom is 0.290 e. The van der Waals surface area contributed by atoms with Crippen molar-refractivity contribution in [1.29, 1.82) is 5.26 Å². The first-order valence-corrected chi connectivity index (χ1v) is 12.6. The second-order valence-electron chi connectivity index (χ2n) is 10.7. The highest BCUT2D eigenvalue weighted by Crippen LogP contribution is 2.37. The van der Waals surface area contributed by atoms with Crippen molar-refractivity contribution in [2.45, 2.75) is 52.0 Å². The third-order valence-corrected chi connectivity index (χ3v) is 6.86. The van der Waals surface area contributed by atoms with Gasteiger partial charge in [0.2, 0.25) is 5.76 Å². The molecule has 0 bridgehead atoms. The van der Waals surface area contributed by atoms with Gasteiger partial charge in [-0.25, -0.2) is 0 Å². The summed E-state index contributed by atoms with van der Waals surface area (Å²) in [6.45, 7) is 10.2. The zero-order chi connectivity index (χ0) is 26.7. The van der Waals surface area contributed by atoms with E-state index in [9.17, 15) is 10.1 Å². The maximum atomic E-state index is 12.8. The van der Waals surface area contributed by atoms with Crippen LogP contribution in [0.3, 0.4) is 0 Å². The number of nitrogens with one attached hydrogen (secondary N) is 2. The SMILES string of the molecule is COc1c(C#N)cc(C(C)(C)C)cc1Nc1ccc(C)c(-c2cc(C(=O)NC3CCN(C)CC3)on2)c1. The van der Waals surface area contributed by atoms with E-state index in [0.29, 0.717) is 22.7 Å². The Kier molecular flexibility index (Phi) is 7.55. The third-order valence-electron chi connectivity index (χ3n) is 6.86. The number of nitriles is 1. The molecule has 2 aromatic carbocycles. The number of aryl methyl sites for hydroxylation is 1. The van der Waals surface area contributed by atoms with Gasteiger partial charge in [0.15, 0.2) is 5.75 Å². The predicted octanol–water partition coefficient (Wildman–Crippen LogP) is 5.40. The standard InChI is InChI=1S/C29H35N5O3/c1-18-7-8-22(31-25-14-20(29(2,3)4)13-19(17-30)27(25)36-6)15-23(18)24-16-26(37-33-24)28(35)32-21-9-11-34(5)12-10-21/h7-8,13-16,21,31H,9-12H2,1-6H3,(H,32,35). The number of anilines is 2. The van der Waals surface area contributed by atoms with Gasteiger partial charge >= 0.3 is 0 Å². The van der Waals surface area contributed by atoms with Crippen molar-refractivity contribution in [3.8, 4) is 23.1 Å². The number of likely N-dealkylation sites (tertiary alicyclic amines) is 1. The lowest BCUT2D eigenvalue weighted by molar-refractivity contribution is 0.0879. The number of piperidine rings is 1. The molecule has 0 unspecified atom stereocenters. The molecule has 0 aliphatic carbocycles. The molecular formula is C29H35N5O3. The molecule has 0 radical (unpaired) electrons. The molecule has 1 aromatic heterocycles. The fraction of sp³-hybridized carbons (Fsp3) is 0.414. The van der Waals surface area contributed by atoms with E-state index in [4.69, 9.17) is 9.26 Å². The summed E-state index contributed by atoms with van der Waals surface area (Å²) < 4.78 is 11.0. The van der Waals surface area contributed by atoms with Crippen LogP contribution < -0.4 is 15.4 Å². The van der Waals surface area contributed by atoms with E-state index in [2.05, 4.69) is 54.6 Å². The van der Waals surface area contributed by atoms with Crippen molar-refractivity contribution in [1.82, 2.24) is 15.4 Å². The van der Waals surface area contributed by atoms with Crippen LogP contribution in [0.2, 0.25) is 0 Å². The van der Waals surface area contributed by atoms with Crippen molar-refractivity contribution < 1.29 is 14.1 Å². The van der Waals surface area contributed by atoms with Crippen LogP contribution in [-0.2, 0) is 5.41 Å². The second-order valence-corrected chi connectivity index (χ2v) is 10.7. The van der Waals surface area contributed by atoms with E-state index in [1.54, 1.807) is 13.2 Å². The van der Waals surface area contributed by atoms with Gasteiger partial charge in [0.1, 0.15) is 11.8 Å². The van der Waals surface area contributed by atoms with Crippen molar-refractivity contribution in [2.75, 3.05) is 32.6 Å². The molecule has 2 heterocycles. The highest BCUT2D eigenvalue weighted by Gasteiger charge is 2.23. The summed E-state index contributed by atoms with van der Waals surface area (Å²) in [5, 5.41) is 20.4. The predicted molar refractivity (Wildman–Crippen MR) is 144 cm³/mol. The minimum atomic E-state index is -0.243. The van der Waals surface area contributed by atoms with E-state index in [1.807, 2.05) is 37.3 Å². The topological polar surface area (TPSA) is 103 Å². The normalized spacial score (nSPS) is 14.7. The van der Waals surface area contributed by atoms with Crippen LogP contribution in [0.15, 0.2) is 40.9 Å². The number of hydrogen-bond acceptors (Lipinski definition) is 7. The maximum absolute atomic E-state index is 12.8. The second kappa shape index (κ2) is 10.7. The van der Waals surface area contributed by atoms with Crippen LogP contribution in [0.1, 0.15) is 60.9 Å². The molecule has 2 N–H and O–H groups in total. The first-order chi connectivity index (χ1) is 17.6. The summed E-state index contributed by atoms with van der Waals surface area (Å²) in [7, 11) is 3.65. The van der Waals surface area contributed by atoms with Gasteiger partial charge in [-0.2, -0.15) is 5.26 Å². The summed E-state index contributed by atoms with van der Waals surface area (Å²) in [5.41, 5.74) is 5.29. The smallest absolute Gasteiger partial charge is 0.290 e. The monoisotopic (exact) mass is 501 g/mol. The Hall–Kier alpha value is -3.83. The van der Waals surface area contributed by atoms with Gasteiger partial charge in [-0.1, -0.05) is 32.0 Å². The molecule has 1 aliphatic heterocycles. The highest BCUT2D eigenvalue weighted by molar-refractivity contribution is 5.92. The number of benzene rings is 2. The fourth-order valence-corrected chi connectivity index (χ4v) is 4.51. The summed E-state index contributed by atoms with van der Waals surface area (Å²) in [5.74, 6) is 0.449. The molecule has 8 nitrogen and oxygen atoms in total. The number of amides is 1. The average Bonchev–Trinajstić information content (AvgIpc) is 3.36. The van der Waals surface area contributed by atoms with E-state index >= 15 is 0 Å². The molecule has 1 fully saturated rings. The van der Waals surface area contributed by atoms with Crippen molar-refractivity contribution in [3.63, 3.8) is 0 Å². The zero-order valence-electron chi connectivity index (χ0n) is 22.4. The fourth-order valence-electron chi connectivity index (χ4n) is 4.51. The highest BCUT2D eigenvalue weighted by atomic mass is 16.5. The van der Waals surface area contributed by atoms with E-state index < -0.39 is 0 Å². The summed E-state index contributed by atoms with van der Waals surface area (Å²) >= 11 is 0. The number of methoxy groups -OCH3 is 1. The Bertz CT molecular complexity index is 1320. The number of carbonyl (C=O) groups is 1. The first-order valence-electron chi connectivity index (χ1n) is 12.6. The number of ether oxygens (including phenoxy) is 1. The first kappa shape index (κ1) is 26.2. The third kappa shape index (κ3) is 5.95. The van der Waals surface area contributed by atoms with Gasteiger partial charge in [0, 0.05) is 23.4 Å². The largest absolute Gasteiger partial charge is 0.493 e.